The van der Waals surface area contributed by atoms with Crippen molar-refractivity contribution in [2.24, 2.45) is 0 Å². The Labute approximate surface area is 125 Å². The molecule has 0 bridgehead atoms. The first kappa shape index (κ1) is 18.9. The van der Waals surface area contributed by atoms with Crippen LogP contribution in [0, 0.1) is 13.8 Å². The van der Waals surface area contributed by atoms with Crippen molar-refractivity contribution >= 4 is 18.4 Å². The van der Waals surface area contributed by atoms with Gasteiger partial charge in [0.1, 0.15) is 0 Å². The Morgan fingerprint density at radius 3 is 2.55 bits per heavy atom. The van der Waals surface area contributed by atoms with Crippen molar-refractivity contribution in [1.82, 2.24) is 5.06 Å². The van der Waals surface area contributed by atoms with Crippen molar-refractivity contribution in [2.45, 2.75) is 32.8 Å². The van der Waals surface area contributed by atoms with Crippen LogP contribution in [0.3, 0.4) is 0 Å². The van der Waals surface area contributed by atoms with E-state index in [1.165, 1.54) is 11.1 Å². The van der Waals surface area contributed by atoms with Gasteiger partial charge in [-0.2, -0.15) is 5.06 Å². The summed E-state index contributed by atoms with van der Waals surface area (Å²) in [6.07, 6.45) is -0.759. The number of carboxylic acids is 1. The quantitative estimate of drug-likeness (QED) is 0.669. The average Bonchev–Trinajstić information content (AvgIpc) is 2.26. The van der Waals surface area contributed by atoms with Crippen molar-refractivity contribution in [1.29, 1.82) is 0 Å². The zero-order chi connectivity index (χ0) is 14.4. The van der Waals surface area contributed by atoms with Gasteiger partial charge in [-0.05, 0) is 31.4 Å². The van der Waals surface area contributed by atoms with Crippen LogP contribution in [0.25, 0.3) is 0 Å². The summed E-state index contributed by atoms with van der Waals surface area (Å²) in [5, 5.41) is 28.5. The first-order valence-electron chi connectivity index (χ1n) is 6.28. The third-order valence-electron chi connectivity index (χ3n) is 2.97. The Morgan fingerprint density at radius 1 is 1.35 bits per heavy atom. The summed E-state index contributed by atoms with van der Waals surface area (Å²) in [6, 6.07) is 6.12. The maximum Gasteiger partial charge on any atom is 0.306 e. The third-order valence-corrected chi connectivity index (χ3v) is 2.97. The van der Waals surface area contributed by atoms with E-state index in [1.54, 1.807) is 0 Å². The SMILES string of the molecule is Cc1ccc(CCN(O)CC(O)CC(=O)O)c(C)c1.Cl. The summed E-state index contributed by atoms with van der Waals surface area (Å²) >= 11 is 0. The predicted molar refractivity (Wildman–Crippen MR) is 78.5 cm³/mol. The van der Waals surface area contributed by atoms with Gasteiger partial charge >= 0.3 is 5.97 Å². The molecule has 114 valence electrons. The molecule has 0 fully saturated rings. The number of hydroxylamine groups is 2. The van der Waals surface area contributed by atoms with Crippen LogP contribution in [0.15, 0.2) is 18.2 Å². The van der Waals surface area contributed by atoms with Crippen molar-refractivity contribution in [2.75, 3.05) is 13.1 Å². The standard InChI is InChI=1S/C14H21NO4.ClH/c1-10-3-4-12(11(2)7-10)5-6-15(19)9-13(16)8-14(17)18;/h3-4,7,13,16,19H,5-6,8-9H2,1-2H3,(H,17,18);1H. The van der Waals surface area contributed by atoms with E-state index in [9.17, 15) is 15.1 Å². The first-order chi connectivity index (χ1) is 8.88. The highest BCUT2D eigenvalue weighted by Gasteiger charge is 2.13. The van der Waals surface area contributed by atoms with Crippen LogP contribution in [0.1, 0.15) is 23.1 Å². The van der Waals surface area contributed by atoms with E-state index in [2.05, 4.69) is 6.07 Å². The summed E-state index contributed by atoms with van der Waals surface area (Å²) in [5.41, 5.74) is 3.50. The lowest BCUT2D eigenvalue weighted by Crippen LogP contribution is -2.32. The number of carboxylic acid groups (broad SMARTS) is 1. The molecule has 0 saturated carbocycles. The number of hydrogen-bond acceptors (Lipinski definition) is 4. The molecule has 0 saturated heterocycles. The topological polar surface area (TPSA) is 81.0 Å². The van der Waals surface area contributed by atoms with Crippen LogP contribution in [0.2, 0.25) is 0 Å². The molecule has 1 aromatic carbocycles. The number of aliphatic carboxylic acids is 1. The van der Waals surface area contributed by atoms with E-state index in [0.29, 0.717) is 13.0 Å². The van der Waals surface area contributed by atoms with Crippen molar-refractivity contribution in [3.05, 3.63) is 34.9 Å². The van der Waals surface area contributed by atoms with Gasteiger partial charge in [-0.15, -0.1) is 12.4 Å². The summed E-state index contributed by atoms with van der Waals surface area (Å²) < 4.78 is 0. The fourth-order valence-corrected chi connectivity index (χ4v) is 1.98. The Morgan fingerprint density at radius 2 is 2.00 bits per heavy atom. The minimum atomic E-state index is -1.07. The van der Waals surface area contributed by atoms with Crippen LogP contribution < -0.4 is 0 Å². The molecular formula is C14H22ClNO4. The largest absolute Gasteiger partial charge is 0.481 e. The van der Waals surface area contributed by atoms with Gasteiger partial charge in [0.05, 0.1) is 19.1 Å². The maximum atomic E-state index is 10.4. The molecule has 0 spiro atoms. The average molecular weight is 304 g/mol. The van der Waals surface area contributed by atoms with Crippen molar-refractivity contribution < 1.29 is 20.2 Å². The number of aliphatic hydroxyl groups excluding tert-OH is 1. The maximum absolute atomic E-state index is 10.4. The van der Waals surface area contributed by atoms with Gasteiger partial charge < -0.3 is 15.4 Å². The molecule has 5 nitrogen and oxygen atoms in total. The van der Waals surface area contributed by atoms with Gasteiger partial charge in [-0.25, -0.2) is 0 Å². The monoisotopic (exact) mass is 303 g/mol. The number of halogens is 1. The zero-order valence-corrected chi connectivity index (χ0v) is 12.6. The van der Waals surface area contributed by atoms with Gasteiger partial charge in [-0.3, -0.25) is 4.79 Å². The highest BCUT2D eigenvalue weighted by Crippen LogP contribution is 2.11. The molecule has 20 heavy (non-hydrogen) atoms. The van der Waals surface area contributed by atoms with Gasteiger partial charge in [0.2, 0.25) is 0 Å². The lowest BCUT2D eigenvalue weighted by Gasteiger charge is -2.18. The molecule has 6 heteroatoms. The van der Waals surface area contributed by atoms with Crippen LogP contribution in [-0.2, 0) is 11.2 Å². The Balaban J connectivity index is 0.00000361. The van der Waals surface area contributed by atoms with Crippen molar-refractivity contribution in [3.63, 3.8) is 0 Å². The van der Waals surface area contributed by atoms with E-state index in [1.807, 2.05) is 26.0 Å². The second-order valence-electron chi connectivity index (χ2n) is 4.84. The summed E-state index contributed by atoms with van der Waals surface area (Å²) in [5.74, 6) is -1.07. The third kappa shape index (κ3) is 6.86. The summed E-state index contributed by atoms with van der Waals surface area (Å²) in [7, 11) is 0. The number of nitrogens with zero attached hydrogens (tertiary/aromatic N) is 1. The Bertz CT molecular complexity index is 439. The van der Waals surface area contributed by atoms with Gasteiger partial charge in [0.25, 0.3) is 0 Å². The molecule has 0 aromatic heterocycles. The molecule has 0 amide bonds. The van der Waals surface area contributed by atoms with Gasteiger partial charge in [-0.1, -0.05) is 23.8 Å². The van der Waals surface area contributed by atoms with Crippen LogP contribution >= 0.6 is 12.4 Å². The Hall–Kier alpha value is -1.14. The number of rotatable bonds is 7. The zero-order valence-electron chi connectivity index (χ0n) is 11.7. The number of aryl methyl sites for hydroxylation is 2. The molecule has 1 unspecified atom stereocenters. The summed E-state index contributed by atoms with van der Waals surface area (Å²) in [6.45, 7) is 4.35. The second kappa shape index (κ2) is 8.92. The molecule has 0 aliphatic carbocycles. The molecule has 1 aromatic rings. The normalized spacial score (nSPS) is 12.1. The van der Waals surface area contributed by atoms with Crippen LogP contribution in [0.5, 0.6) is 0 Å². The van der Waals surface area contributed by atoms with E-state index in [4.69, 9.17) is 5.11 Å². The van der Waals surface area contributed by atoms with E-state index >= 15 is 0 Å². The minimum Gasteiger partial charge on any atom is -0.481 e. The van der Waals surface area contributed by atoms with E-state index in [0.717, 1.165) is 10.6 Å². The van der Waals surface area contributed by atoms with Crippen LogP contribution in [0.4, 0.5) is 0 Å². The fraction of sp³-hybridized carbons (Fsp3) is 0.500. The molecule has 0 heterocycles. The molecule has 0 aliphatic heterocycles. The lowest BCUT2D eigenvalue weighted by atomic mass is 10.0. The molecule has 0 aliphatic rings. The highest BCUT2D eigenvalue weighted by atomic mass is 35.5. The van der Waals surface area contributed by atoms with Crippen LogP contribution in [-0.4, -0.2) is 45.6 Å². The van der Waals surface area contributed by atoms with Crippen molar-refractivity contribution in [3.8, 4) is 0 Å². The van der Waals surface area contributed by atoms with E-state index in [-0.39, 0.29) is 25.4 Å². The molecule has 0 radical (unpaired) electrons. The molecule has 1 atom stereocenters. The number of aliphatic hydroxyl groups is 1. The predicted octanol–water partition coefficient (Wildman–Crippen LogP) is 1.79. The Kier molecular flexibility index (Phi) is 8.41. The van der Waals surface area contributed by atoms with Gasteiger partial charge in [0.15, 0.2) is 0 Å². The second-order valence-corrected chi connectivity index (χ2v) is 4.84. The number of benzene rings is 1. The highest BCUT2D eigenvalue weighted by molar-refractivity contribution is 5.85. The minimum absolute atomic E-state index is 0. The smallest absolute Gasteiger partial charge is 0.306 e. The number of carbonyl (C=O) groups is 1. The molecular weight excluding hydrogens is 282 g/mol. The molecule has 3 N–H and O–H groups in total. The lowest BCUT2D eigenvalue weighted by molar-refractivity contribution is -0.143. The fourth-order valence-electron chi connectivity index (χ4n) is 1.98. The van der Waals surface area contributed by atoms with Gasteiger partial charge in [0, 0.05) is 6.54 Å². The first-order valence-corrected chi connectivity index (χ1v) is 6.28. The number of hydrogen-bond donors (Lipinski definition) is 3. The molecule has 1 rings (SSSR count). The summed E-state index contributed by atoms with van der Waals surface area (Å²) in [4.78, 5) is 10.4. The van der Waals surface area contributed by atoms with E-state index < -0.39 is 12.1 Å².